The number of nitrogens with two attached hydrogens (primary N) is 1. The molecule has 0 atom stereocenters. The monoisotopic (exact) mass is 469 g/mol. The Morgan fingerprint density at radius 3 is 2.32 bits per heavy atom. The van der Waals surface area contributed by atoms with Crippen LogP contribution in [0.2, 0.25) is 0 Å². The van der Waals surface area contributed by atoms with Crippen molar-refractivity contribution in [1.29, 1.82) is 0 Å². The third kappa shape index (κ3) is 5.30. The largest absolute Gasteiger partial charge is 0.497 e. The second kappa shape index (κ2) is 11.7. The molecule has 1 heterocycles. The first kappa shape index (κ1) is 24.6. The summed E-state index contributed by atoms with van der Waals surface area (Å²) in [6, 6.07) is 13.8. The number of anilines is 2. The van der Waals surface area contributed by atoms with Crippen molar-refractivity contribution in [2.75, 3.05) is 39.9 Å². The molecule has 1 aromatic heterocycles. The van der Waals surface area contributed by atoms with Gasteiger partial charge in [-0.2, -0.15) is 5.48 Å². The summed E-state index contributed by atoms with van der Waals surface area (Å²) < 4.78 is 21.6. The van der Waals surface area contributed by atoms with E-state index in [4.69, 9.17) is 18.9 Å². The van der Waals surface area contributed by atoms with Crippen molar-refractivity contribution in [2.45, 2.75) is 6.42 Å². The van der Waals surface area contributed by atoms with E-state index >= 15 is 0 Å². The number of pyridine rings is 1. The van der Waals surface area contributed by atoms with Gasteiger partial charge in [-0.25, -0.2) is 19.9 Å². The van der Waals surface area contributed by atoms with Gasteiger partial charge in [0.25, 0.3) is 0 Å². The van der Waals surface area contributed by atoms with Crippen molar-refractivity contribution in [3.05, 3.63) is 60.3 Å². The quantitative estimate of drug-likeness (QED) is 0.391. The van der Waals surface area contributed by atoms with Crippen LogP contribution in [0.4, 0.5) is 22.0 Å². The van der Waals surface area contributed by atoms with Crippen LogP contribution in [0.25, 0.3) is 0 Å². The molecular formula is C24H29N4O6+. The molecule has 3 rings (SSSR count). The van der Waals surface area contributed by atoms with Crippen molar-refractivity contribution in [2.24, 2.45) is 0 Å². The smallest absolute Gasteiger partial charge is 0.328 e. The summed E-state index contributed by atoms with van der Waals surface area (Å²) in [5, 5.41) is 12.7. The molecule has 0 saturated carbocycles. The van der Waals surface area contributed by atoms with Crippen LogP contribution in [0.15, 0.2) is 54.7 Å². The first-order chi connectivity index (χ1) is 16.6. The van der Waals surface area contributed by atoms with Gasteiger partial charge in [-0.15, -0.1) is 0 Å². The topological polar surface area (TPSA) is 119 Å². The number of urea groups is 1. The van der Waals surface area contributed by atoms with Crippen LogP contribution in [0.5, 0.6) is 23.0 Å². The lowest BCUT2D eigenvalue weighted by Crippen LogP contribution is -2.74. The highest BCUT2D eigenvalue weighted by Crippen LogP contribution is 2.46. The first-order valence-corrected chi connectivity index (χ1v) is 10.5. The molecule has 0 spiro atoms. The summed E-state index contributed by atoms with van der Waals surface area (Å²) >= 11 is 0. The zero-order valence-corrected chi connectivity index (χ0v) is 19.6. The normalized spacial score (nSPS) is 10.4. The number of benzene rings is 2. The van der Waals surface area contributed by atoms with Crippen LogP contribution in [-0.2, 0) is 6.42 Å². The Labute approximate surface area is 198 Å². The number of carbonyl (C=O) groups is 1. The molecule has 4 N–H and O–H groups in total. The second-order valence-corrected chi connectivity index (χ2v) is 7.06. The Hall–Kier alpha value is -4.02. The number of rotatable bonds is 10. The van der Waals surface area contributed by atoms with Crippen LogP contribution in [-0.4, -0.2) is 51.2 Å². The highest BCUT2D eigenvalue weighted by molar-refractivity contribution is 6.02. The summed E-state index contributed by atoms with van der Waals surface area (Å²) in [6.07, 6.45) is 2.14. The second-order valence-electron chi connectivity index (χ2n) is 7.06. The Balaban J connectivity index is 1.95. The zero-order valence-electron chi connectivity index (χ0n) is 19.6. The molecule has 0 aliphatic rings. The standard InChI is InChI=1S/C24H28N4O6/c1-31-17-9-7-16(8-10-17)13-15-26-24(29)28(23-18(27-30)6-5-14-25-23)19-11-12-20(32-2)22(34-4)21(19)33-3/h5-12,14,27,30H,13,15H2,1-4H3,(H,26,29)/p+1. The fraction of sp³-hybridized carbons (Fsp3) is 0.250. The average molecular weight is 470 g/mol. The van der Waals surface area contributed by atoms with E-state index in [-0.39, 0.29) is 11.6 Å². The van der Waals surface area contributed by atoms with Gasteiger partial charge in [0, 0.05) is 18.8 Å². The molecule has 0 radical (unpaired) electrons. The summed E-state index contributed by atoms with van der Waals surface area (Å²) in [5.74, 6) is 2.03. The predicted octanol–water partition coefficient (Wildman–Crippen LogP) is 2.79. The zero-order chi connectivity index (χ0) is 24.5. The number of carbonyl (C=O) groups excluding carboxylic acids is 1. The van der Waals surface area contributed by atoms with Crippen molar-refractivity contribution < 1.29 is 34.4 Å². The summed E-state index contributed by atoms with van der Waals surface area (Å²) in [6.45, 7) is 0.363. The van der Waals surface area contributed by atoms with Gasteiger partial charge in [0.05, 0.1) is 34.1 Å². The minimum Gasteiger partial charge on any atom is -0.497 e. The molecule has 0 aliphatic carbocycles. The van der Waals surface area contributed by atoms with Gasteiger partial charge in [0.2, 0.25) is 17.3 Å². The van der Waals surface area contributed by atoms with E-state index in [2.05, 4.69) is 10.3 Å². The minimum atomic E-state index is -0.458. The van der Waals surface area contributed by atoms with Gasteiger partial charge < -0.3 is 24.3 Å². The number of ether oxygens (including phenoxy) is 4. The fourth-order valence-corrected chi connectivity index (χ4v) is 3.46. The number of aromatic nitrogens is 1. The molecule has 10 heteroatoms. The number of nitrogens with zero attached hydrogens (tertiary/aromatic N) is 2. The van der Waals surface area contributed by atoms with Crippen molar-refractivity contribution >= 4 is 23.2 Å². The maximum Gasteiger partial charge on any atom is 0.328 e. The third-order valence-corrected chi connectivity index (χ3v) is 5.14. The fourth-order valence-electron chi connectivity index (χ4n) is 3.46. The van der Waals surface area contributed by atoms with Crippen LogP contribution in [0.1, 0.15) is 5.56 Å². The summed E-state index contributed by atoms with van der Waals surface area (Å²) in [5.41, 5.74) is 2.65. The van der Waals surface area contributed by atoms with Gasteiger partial charge in [-0.05, 0) is 42.3 Å². The SMILES string of the molecule is COc1ccc(CCNC(=O)N(c2ccc(OC)c(OC)c2OC)c2ncccc2[NH2+]O)cc1. The number of quaternary nitrogens is 1. The predicted molar refractivity (Wildman–Crippen MR) is 126 cm³/mol. The van der Waals surface area contributed by atoms with Gasteiger partial charge >= 0.3 is 6.03 Å². The van der Waals surface area contributed by atoms with Gasteiger partial charge in [0.15, 0.2) is 11.5 Å². The van der Waals surface area contributed by atoms with Crippen molar-refractivity contribution in [3.8, 4) is 23.0 Å². The van der Waals surface area contributed by atoms with Gasteiger partial charge in [0.1, 0.15) is 5.75 Å². The molecule has 2 aromatic carbocycles. The van der Waals surface area contributed by atoms with E-state index in [0.29, 0.717) is 35.8 Å². The summed E-state index contributed by atoms with van der Waals surface area (Å²) in [4.78, 5) is 19.1. The van der Waals surface area contributed by atoms with Gasteiger partial charge in [-0.1, -0.05) is 12.1 Å². The molecule has 0 bridgehead atoms. The highest BCUT2D eigenvalue weighted by atomic mass is 16.5. The van der Waals surface area contributed by atoms with Crippen LogP contribution >= 0.6 is 0 Å². The number of hydrogen-bond donors (Lipinski definition) is 3. The number of hydrogen-bond acceptors (Lipinski definition) is 7. The first-order valence-electron chi connectivity index (χ1n) is 10.5. The Kier molecular flexibility index (Phi) is 8.49. The van der Waals surface area contributed by atoms with Crippen LogP contribution in [0.3, 0.4) is 0 Å². The molecule has 34 heavy (non-hydrogen) atoms. The molecular weight excluding hydrogens is 440 g/mol. The lowest BCUT2D eigenvalue weighted by atomic mass is 10.1. The molecule has 0 unspecified atom stereocenters. The lowest BCUT2D eigenvalue weighted by Gasteiger charge is -2.25. The minimum absolute atomic E-state index is 0.220. The molecule has 10 nitrogen and oxygen atoms in total. The highest BCUT2D eigenvalue weighted by Gasteiger charge is 2.29. The van der Waals surface area contributed by atoms with E-state index in [1.807, 2.05) is 24.3 Å². The molecule has 0 saturated heterocycles. The Morgan fingerprint density at radius 1 is 0.971 bits per heavy atom. The van der Waals surface area contributed by atoms with Crippen LogP contribution in [0, 0.1) is 0 Å². The maximum atomic E-state index is 13.5. The number of amides is 2. The third-order valence-electron chi connectivity index (χ3n) is 5.14. The molecule has 180 valence electrons. The van der Waals surface area contributed by atoms with E-state index in [9.17, 15) is 10.0 Å². The van der Waals surface area contributed by atoms with Crippen molar-refractivity contribution in [3.63, 3.8) is 0 Å². The Bertz CT molecular complexity index is 1110. The van der Waals surface area contributed by atoms with E-state index in [1.165, 1.54) is 32.4 Å². The summed E-state index contributed by atoms with van der Waals surface area (Å²) in [7, 11) is 6.08. The molecule has 3 aromatic rings. The van der Waals surface area contributed by atoms with E-state index < -0.39 is 6.03 Å². The molecule has 2 amide bonds. The van der Waals surface area contributed by atoms with E-state index in [0.717, 1.165) is 16.8 Å². The maximum absolute atomic E-state index is 13.5. The molecule has 0 fully saturated rings. The number of nitrogens with one attached hydrogen (secondary N) is 1. The molecule has 0 aliphatic heterocycles. The van der Waals surface area contributed by atoms with Crippen LogP contribution < -0.4 is 34.6 Å². The Morgan fingerprint density at radius 2 is 1.71 bits per heavy atom. The van der Waals surface area contributed by atoms with Crippen molar-refractivity contribution in [1.82, 2.24) is 10.3 Å². The number of methoxy groups -OCH3 is 4. The lowest BCUT2D eigenvalue weighted by molar-refractivity contribution is -0.825. The van der Waals surface area contributed by atoms with Gasteiger partial charge in [-0.3, -0.25) is 0 Å². The van der Waals surface area contributed by atoms with E-state index in [1.54, 1.807) is 31.4 Å². The average Bonchev–Trinajstić information content (AvgIpc) is 2.89.